The highest BCUT2D eigenvalue weighted by molar-refractivity contribution is 7.15. The third-order valence-electron chi connectivity index (χ3n) is 12.1. The van der Waals surface area contributed by atoms with E-state index in [1.54, 1.807) is 22.7 Å². The Morgan fingerprint density at radius 2 is 1.66 bits per heavy atom. The monoisotopic (exact) mass is 970 g/mol. The van der Waals surface area contributed by atoms with Crippen molar-refractivity contribution in [2.24, 2.45) is 10.4 Å². The van der Waals surface area contributed by atoms with Gasteiger partial charge < -0.3 is 30.1 Å². The summed E-state index contributed by atoms with van der Waals surface area (Å²) >= 11 is 9.47. The van der Waals surface area contributed by atoms with E-state index in [0.717, 1.165) is 54.0 Å². The molecular weight excluding hydrogens is 912 g/mol. The molecule has 0 unspecified atom stereocenters. The number of aliphatic hydroxyl groups excluding tert-OH is 1. The number of β-amino-alcohol motifs (C(OH)–C–C–N with tert-alkyl or cyclic N) is 1. The van der Waals surface area contributed by atoms with E-state index in [1.807, 2.05) is 93.2 Å². The first kappa shape index (κ1) is 49.7. The third kappa shape index (κ3) is 11.9. The van der Waals surface area contributed by atoms with E-state index in [9.17, 15) is 24.3 Å². The number of thiophene rings is 1. The zero-order valence-corrected chi connectivity index (χ0v) is 41.4. The molecule has 4 atom stereocenters. The zero-order valence-electron chi connectivity index (χ0n) is 39.1. The minimum Gasteiger partial charge on any atom is -0.391 e. The predicted molar refractivity (Wildman–Crippen MR) is 260 cm³/mol. The molecule has 7 rings (SSSR count). The number of ether oxygens (including phenoxy) is 2. The number of aryl methyl sites for hydroxylation is 4. The molecule has 5 aromatic rings. The molecule has 3 amide bonds. The normalized spacial score (nSPS) is 17.4. The highest BCUT2D eigenvalue weighted by Gasteiger charge is 2.44. The number of carbonyl (C=O) groups is 4. The van der Waals surface area contributed by atoms with Crippen LogP contribution < -0.4 is 10.6 Å². The number of amides is 3. The van der Waals surface area contributed by atoms with Gasteiger partial charge in [0, 0.05) is 60.2 Å². The number of benzene rings is 2. The lowest BCUT2D eigenvalue weighted by Crippen LogP contribution is -2.57. The SMILES string of the molecule is Cc1ncsc1-c1ccc(CCC(=O)[C@@H]2C[C@@H](O)CN2C(=O)[C@@H](NC(=O)COCCCOCCNC(=O)C[C@H]2N=C(c3ccc(Cl)cc3)c3c(sc(C)c3C)-n3c(C)nnc32)C(C)(C)C)cc1. The van der Waals surface area contributed by atoms with E-state index in [1.165, 1.54) is 4.90 Å². The van der Waals surface area contributed by atoms with Gasteiger partial charge in [0.15, 0.2) is 11.6 Å². The second-order valence-corrected chi connectivity index (χ2v) is 20.7. The maximum atomic E-state index is 14.0. The van der Waals surface area contributed by atoms with Gasteiger partial charge in [-0.05, 0) is 74.8 Å². The molecule has 3 N–H and O–H groups in total. The van der Waals surface area contributed by atoms with Crippen molar-refractivity contribution in [2.75, 3.05) is 39.5 Å². The van der Waals surface area contributed by atoms with Crippen molar-refractivity contribution in [3.05, 3.63) is 104 Å². The summed E-state index contributed by atoms with van der Waals surface area (Å²) in [5.74, 6) is 0.103. The average molecular weight is 972 g/mol. The van der Waals surface area contributed by atoms with Crippen LogP contribution >= 0.6 is 34.3 Å². The number of nitrogens with zero attached hydrogens (tertiary/aromatic N) is 6. The Morgan fingerprint density at radius 1 is 0.940 bits per heavy atom. The van der Waals surface area contributed by atoms with Crippen molar-refractivity contribution >= 4 is 63.5 Å². The number of likely N-dealkylation sites (tertiary alicyclic amines) is 1. The van der Waals surface area contributed by atoms with Crippen molar-refractivity contribution in [3.8, 4) is 15.4 Å². The number of carbonyl (C=O) groups excluding carboxylic acids is 4. The van der Waals surface area contributed by atoms with E-state index in [0.29, 0.717) is 36.1 Å². The molecule has 5 heterocycles. The fourth-order valence-corrected chi connectivity index (χ4v) is 10.5. The molecule has 0 saturated carbocycles. The zero-order chi connectivity index (χ0) is 48.0. The second-order valence-electron chi connectivity index (χ2n) is 18.2. The number of halogens is 1. The quantitative estimate of drug-likeness (QED) is 0.0738. The van der Waals surface area contributed by atoms with Crippen LogP contribution in [-0.4, -0.2) is 117 Å². The molecule has 1 saturated heterocycles. The van der Waals surface area contributed by atoms with Crippen molar-refractivity contribution in [2.45, 2.75) is 105 Å². The molecule has 1 fully saturated rings. The van der Waals surface area contributed by atoms with Gasteiger partial charge in [-0.25, -0.2) is 4.98 Å². The van der Waals surface area contributed by atoms with Crippen LogP contribution in [0.4, 0.5) is 0 Å². The summed E-state index contributed by atoms with van der Waals surface area (Å²) in [6, 6.07) is 13.3. The molecule has 0 bridgehead atoms. The molecule has 67 heavy (non-hydrogen) atoms. The van der Waals surface area contributed by atoms with Gasteiger partial charge in [-0.3, -0.25) is 28.7 Å². The number of fused-ring (bicyclic) bond motifs is 3. The molecule has 2 aliphatic heterocycles. The smallest absolute Gasteiger partial charge is 0.246 e. The van der Waals surface area contributed by atoms with Crippen LogP contribution in [0.1, 0.15) is 97.0 Å². The Hall–Kier alpha value is -5.17. The van der Waals surface area contributed by atoms with Crippen LogP contribution in [-0.2, 0) is 35.1 Å². The number of thiazole rings is 1. The number of ketones is 1. The van der Waals surface area contributed by atoms with Gasteiger partial charge in [-0.1, -0.05) is 68.8 Å². The lowest BCUT2D eigenvalue weighted by Gasteiger charge is -2.35. The van der Waals surface area contributed by atoms with Gasteiger partial charge in [0.25, 0.3) is 0 Å². The summed E-state index contributed by atoms with van der Waals surface area (Å²) < 4.78 is 13.4. The Kier molecular flexibility index (Phi) is 16.2. The standard InChI is InChI=1S/C49H59ClN8O7S2/c1-28-30(3)67-48-42(28)43(33-14-16-35(50)17-15-33)53-37(46-56-55-31(4)58(46)48)24-40(61)51-19-22-64-20-8-21-65-26-41(62)54-45(49(5,6)7)47(63)57-25-36(59)23-38(57)39(60)18-11-32-9-12-34(13-10-32)44-29(2)52-27-66-44/h9-10,12-17,27,36-38,45,59H,8,11,18-26H2,1-7H3,(H,51,61)(H,54,62)/t36-,37-,38+,45-/m1/s1. The van der Waals surface area contributed by atoms with Crippen LogP contribution in [0.5, 0.6) is 0 Å². The number of nitrogens with one attached hydrogen (secondary N) is 2. The molecule has 0 aliphatic carbocycles. The molecule has 356 valence electrons. The van der Waals surface area contributed by atoms with Crippen LogP contribution in [0.15, 0.2) is 59.0 Å². The number of rotatable bonds is 19. The summed E-state index contributed by atoms with van der Waals surface area (Å²) in [5, 5.41) is 26.8. The fraction of sp³-hybridized carbons (Fsp3) is 0.469. The summed E-state index contributed by atoms with van der Waals surface area (Å²) in [5.41, 5.74) is 7.96. The molecule has 18 heteroatoms. The maximum Gasteiger partial charge on any atom is 0.246 e. The Bertz CT molecular complexity index is 2600. The van der Waals surface area contributed by atoms with Gasteiger partial charge in [0.05, 0.1) is 47.0 Å². The topological polar surface area (TPSA) is 190 Å². The number of aromatic nitrogens is 4. The largest absolute Gasteiger partial charge is 0.391 e. The van der Waals surface area contributed by atoms with E-state index in [4.69, 9.17) is 26.1 Å². The Balaban J connectivity index is 0.832. The summed E-state index contributed by atoms with van der Waals surface area (Å²) in [6.07, 6.45) is 0.580. The highest BCUT2D eigenvalue weighted by atomic mass is 35.5. The van der Waals surface area contributed by atoms with Crippen LogP contribution in [0.2, 0.25) is 5.02 Å². The highest BCUT2D eigenvalue weighted by Crippen LogP contribution is 2.40. The summed E-state index contributed by atoms with van der Waals surface area (Å²) in [6.45, 7) is 14.4. The van der Waals surface area contributed by atoms with Crippen molar-refractivity contribution in [1.82, 2.24) is 35.3 Å². The van der Waals surface area contributed by atoms with Crippen LogP contribution in [0.3, 0.4) is 0 Å². The number of hydrogen-bond acceptors (Lipinski definition) is 13. The fourth-order valence-electron chi connectivity index (χ4n) is 8.39. The minimum atomic E-state index is -0.949. The first-order valence-electron chi connectivity index (χ1n) is 22.6. The third-order valence-corrected chi connectivity index (χ3v) is 14.5. The van der Waals surface area contributed by atoms with Gasteiger partial charge in [-0.2, -0.15) is 0 Å². The number of Topliss-reactive ketones (excluding diaryl/α,β-unsaturated/α-hetero) is 1. The number of aliphatic imine (C=N–C) groups is 1. The van der Waals surface area contributed by atoms with Crippen LogP contribution in [0, 0.1) is 33.1 Å². The average Bonchev–Trinajstić information content (AvgIpc) is 4.06. The first-order chi connectivity index (χ1) is 32.0. The molecule has 2 aliphatic rings. The summed E-state index contributed by atoms with van der Waals surface area (Å²) in [4.78, 5) is 67.2. The second kappa shape index (κ2) is 21.8. The molecule has 3 aromatic heterocycles. The molecule has 0 spiro atoms. The predicted octanol–water partition coefficient (Wildman–Crippen LogP) is 6.86. The summed E-state index contributed by atoms with van der Waals surface area (Å²) in [7, 11) is 0. The number of aliphatic hydroxyl groups is 1. The van der Waals surface area contributed by atoms with Gasteiger partial charge >= 0.3 is 0 Å². The lowest BCUT2D eigenvalue weighted by molar-refractivity contribution is -0.144. The van der Waals surface area contributed by atoms with Crippen LogP contribution in [0.25, 0.3) is 15.4 Å². The molecular formula is C49H59ClN8O7S2. The van der Waals surface area contributed by atoms with E-state index < -0.39 is 41.5 Å². The van der Waals surface area contributed by atoms with E-state index in [-0.39, 0.29) is 63.9 Å². The van der Waals surface area contributed by atoms with Crippen molar-refractivity contribution in [1.29, 1.82) is 0 Å². The lowest BCUT2D eigenvalue weighted by atomic mass is 9.85. The Morgan fingerprint density at radius 3 is 2.36 bits per heavy atom. The molecule has 15 nitrogen and oxygen atoms in total. The maximum absolute atomic E-state index is 14.0. The van der Waals surface area contributed by atoms with Gasteiger partial charge in [0.1, 0.15) is 29.5 Å². The van der Waals surface area contributed by atoms with E-state index in [2.05, 4.69) is 39.7 Å². The van der Waals surface area contributed by atoms with Crippen molar-refractivity contribution in [3.63, 3.8) is 0 Å². The first-order valence-corrected chi connectivity index (χ1v) is 24.7. The molecule has 0 radical (unpaired) electrons. The van der Waals surface area contributed by atoms with Gasteiger partial charge in [-0.15, -0.1) is 32.9 Å². The molecule has 2 aromatic carbocycles. The number of hydrogen-bond donors (Lipinski definition) is 3. The van der Waals surface area contributed by atoms with Gasteiger partial charge in [0.2, 0.25) is 17.7 Å². The van der Waals surface area contributed by atoms with E-state index >= 15 is 0 Å². The Labute approximate surface area is 404 Å². The van der Waals surface area contributed by atoms with Crippen molar-refractivity contribution < 1.29 is 33.8 Å². The minimum absolute atomic E-state index is 0.0154.